The Hall–Kier alpha value is -2.82. The minimum Gasteiger partial charge on any atom is -0.426 e. The largest absolute Gasteiger partial charge is 0.478 e. The molecule has 1 heterocycles. The zero-order valence-corrected chi connectivity index (χ0v) is 17.1. The quantitative estimate of drug-likeness (QED) is 0.384. The van der Waals surface area contributed by atoms with Gasteiger partial charge in [0.1, 0.15) is 11.7 Å². The number of ether oxygens (including phenoxy) is 1. The summed E-state index contributed by atoms with van der Waals surface area (Å²) in [5.74, 6) is -1.18. The van der Waals surface area contributed by atoms with E-state index in [9.17, 15) is 19.6 Å². The van der Waals surface area contributed by atoms with Gasteiger partial charge >= 0.3 is 7.12 Å². The molecule has 0 bridgehead atoms. The van der Waals surface area contributed by atoms with Crippen LogP contribution in [0.3, 0.4) is 0 Å². The standard InChI is InChI=1S/C20H27BN4O5/c1-20(21(28)29,10-6-9-15-7-4-3-5-8-15)25-19(27)17(14-30-2)24-18(26)16-13-22-11-12-23-16/h3-5,7-8,11-13,17,28-29H,6,9-10,14H2,1-2H3,(H,24,26)(H,25,27). The van der Waals surface area contributed by atoms with E-state index < -0.39 is 30.4 Å². The highest BCUT2D eigenvalue weighted by Crippen LogP contribution is 2.17. The van der Waals surface area contributed by atoms with Crippen molar-refractivity contribution in [1.29, 1.82) is 0 Å². The number of benzene rings is 1. The molecule has 0 saturated heterocycles. The van der Waals surface area contributed by atoms with Crippen LogP contribution in [-0.2, 0) is 16.0 Å². The Bertz CT molecular complexity index is 809. The second-order valence-corrected chi connectivity index (χ2v) is 7.19. The number of rotatable bonds is 11. The van der Waals surface area contributed by atoms with Crippen LogP contribution in [0.4, 0.5) is 0 Å². The summed E-state index contributed by atoms with van der Waals surface area (Å²) in [4.78, 5) is 32.8. The molecule has 2 rings (SSSR count). The summed E-state index contributed by atoms with van der Waals surface area (Å²) in [6.07, 6.45) is 5.75. The lowest BCUT2D eigenvalue weighted by Crippen LogP contribution is -2.62. The maximum atomic E-state index is 12.8. The minimum absolute atomic E-state index is 0.0548. The molecule has 1 aromatic carbocycles. The SMILES string of the molecule is COCC(NC(=O)c1cnccn1)C(=O)NC(C)(CCCc1ccccc1)B(O)O. The number of carbonyl (C=O) groups excluding carboxylic acids is 2. The number of amides is 2. The highest BCUT2D eigenvalue weighted by Gasteiger charge is 2.40. The summed E-state index contributed by atoms with van der Waals surface area (Å²) in [6.45, 7) is 1.45. The molecule has 0 aliphatic heterocycles. The van der Waals surface area contributed by atoms with Crippen molar-refractivity contribution >= 4 is 18.9 Å². The van der Waals surface area contributed by atoms with E-state index in [2.05, 4.69) is 20.6 Å². The van der Waals surface area contributed by atoms with Gasteiger partial charge in [-0.15, -0.1) is 0 Å². The Kier molecular flexibility index (Phi) is 8.91. The van der Waals surface area contributed by atoms with Gasteiger partial charge in [-0.2, -0.15) is 0 Å². The van der Waals surface area contributed by atoms with E-state index >= 15 is 0 Å². The number of methoxy groups -OCH3 is 1. The third kappa shape index (κ3) is 6.91. The first-order valence-corrected chi connectivity index (χ1v) is 9.63. The zero-order valence-electron chi connectivity index (χ0n) is 17.1. The van der Waals surface area contributed by atoms with Crippen LogP contribution in [0.25, 0.3) is 0 Å². The van der Waals surface area contributed by atoms with Crippen LogP contribution in [0, 0.1) is 0 Å². The first-order chi connectivity index (χ1) is 14.4. The predicted octanol–water partition coefficient (Wildman–Crippen LogP) is 0.131. The lowest BCUT2D eigenvalue weighted by molar-refractivity contribution is -0.125. The third-order valence-electron chi connectivity index (χ3n) is 4.73. The summed E-state index contributed by atoms with van der Waals surface area (Å²) in [5, 5.41) is 25.0. The van der Waals surface area contributed by atoms with Gasteiger partial charge in [-0.3, -0.25) is 14.6 Å². The molecule has 4 N–H and O–H groups in total. The first-order valence-electron chi connectivity index (χ1n) is 9.63. The molecule has 30 heavy (non-hydrogen) atoms. The fourth-order valence-electron chi connectivity index (χ4n) is 2.93. The zero-order chi connectivity index (χ0) is 22.0. The van der Waals surface area contributed by atoms with Crippen molar-refractivity contribution < 1.29 is 24.4 Å². The normalized spacial score (nSPS) is 13.7. The van der Waals surface area contributed by atoms with Gasteiger partial charge in [0.25, 0.3) is 5.91 Å². The molecule has 2 amide bonds. The van der Waals surface area contributed by atoms with Crippen LogP contribution in [0.5, 0.6) is 0 Å². The Morgan fingerprint density at radius 2 is 1.97 bits per heavy atom. The average molecular weight is 414 g/mol. The first kappa shape index (κ1) is 23.5. The van der Waals surface area contributed by atoms with Gasteiger partial charge < -0.3 is 25.4 Å². The Labute approximate surface area is 176 Å². The monoisotopic (exact) mass is 414 g/mol. The lowest BCUT2D eigenvalue weighted by atomic mass is 9.63. The Balaban J connectivity index is 2.01. The van der Waals surface area contributed by atoms with Gasteiger partial charge in [0.2, 0.25) is 5.91 Å². The number of nitrogens with zero attached hydrogens (tertiary/aromatic N) is 2. The number of carbonyl (C=O) groups is 2. The van der Waals surface area contributed by atoms with Crippen molar-refractivity contribution in [2.75, 3.05) is 13.7 Å². The topological polar surface area (TPSA) is 134 Å². The van der Waals surface area contributed by atoms with E-state index in [1.807, 2.05) is 30.3 Å². The van der Waals surface area contributed by atoms with Gasteiger partial charge in [0.05, 0.1) is 18.2 Å². The molecule has 0 saturated carbocycles. The summed E-state index contributed by atoms with van der Waals surface area (Å²) in [5.41, 5.74) is -0.124. The highest BCUT2D eigenvalue weighted by atomic mass is 16.5. The van der Waals surface area contributed by atoms with Crippen LogP contribution >= 0.6 is 0 Å². The van der Waals surface area contributed by atoms with E-state index in [4.69, 9.17) is 4.74 Å². The summed E-state index contributed by atoms with van der Waals surface area (Å²) in [7, 11) is -0.384. The van der Waals surface area contributed by atoms with Gasteiger partial charge in [0.15, 0.2) is 0 Å². The van der Waals surface area contributed by atoms with Crippen molar-refractivity contribution in [1.82, 2.24) is 20.6 Å². The third-order valence-corrected chi connectivity index (χ3v) is 4.73. The maximum Gasteiger partial charge on any atom is 0.478 e. The molecule has 9 nitrogen and oxygen atoms in total. The molecule has 160 valence electrons. The van der Waals surface area contributed by atoms with Crippen molar-refractivity contribution in [2.45, 2.75) is 37.7 Å². The van der Waals surface area contributed by atoms with E-state index in [1.54, 1.807) is 6.92 Å². The fourth-order valence-corrected chi connectivity index (χ4v) is 2.93. The Morgan fingerprint density at radius 1 is 1.23 bits per heavy atom. The molecule has 1 aromatic heterocycles. The molecular formula is C20H27BN4O5. The smallest absolute Gasteiger partial charge is 0.426 e. The van der Waals surface area contributed by atoms with Crippen LogP contribution in [0.2, 0.25) is 0 Å². The molecule has 0 spiro atoms. The van der Waals surface area contributed by atoms with E-state index in [-0.39, 0.29) is 12.3 Å². The van der Waals surface area contributed by atoms with Crippen molar-refractivity contribution in [2.24, 2.45) is 0 Å². The van der Waals surface area contributed by atoms with Crippen molar-refractivity contribution in [3.8, 4) is 0 Å². The second kappa shape index (κ2) is 11.4. The Morgan fingerprint density at radius 3 is 2.57 bits per heavy atom. The van der Waals surface area contributed by atoms with E-state index in [1.165, 1.54) is 25.7 Å². The fraction of sp³-hybridized carbons (Fsp3) is 0.400. The molecule has 0 aliphatic rings. The van der Waals surface area contributed by atoms with E-state index in [0.717, 1.165) is 12.0 Å². The van der Waals surface area contributed by atoms with Crippen LogP contribution in [0.1, 0.15) is 35.8 Å². The highest BCUT2D eigenvalue weighted by molar-refractivity contribution is 6.46. The maximum absolute atomic E-state index is 12.8. The number of aryl methyl sites for hydroxylation is 1. The molecule has 2 atom stereocenters. The second-order valence-electron chi connectivity index (χ2n) is 7.19. The van der Waals surface area contributed by atoms with Gasteiger partial charge in [0, 0.05) is 19.5 Å². The average Bonchev–Trinajstić information content (AvgIpc) is 2.74. The number of aromatic nitrogens is 2. The minimum atomic E-state index is -1.78. The number of hydrogen-bond acceptors (Lipinski definition) is 7. The lowest BCUT2D eigenvalue weighted by Gasteiger charge is -2.32. The van der Waals surface area contributed by atoms with Gasteiger partial charge in [-0.25, -0.2) is 4.98 Å². The van der Waals surface area contributed by atoms with Crippen LogP contribution in [0.15, 0.2) is 48.9 Å². The molecule has 0 fully saturated rings. The molecule has 0 aliphatic carbocycles. The molecule has 0 radical (unpaired) electrons. The predicted molar refractivity (Wildman–Crippen MR) is 111 cm³/mol. The molecule has 2 aromatic rings. The summed E-state index contributed by atoms with van der Waals surface area (Å²) in [6, 6.07) is 8.73. The van der Waals surface area contributed by atoms with Crippen LogP contribution < -0.4 is 10.6 Å². The van der Waals surface area contributed by atoms with Gasteiger partial charge in [-0.1, -0.05) is 30.3 Å². The van der Waals surface area contributed by atoms with Crippen molar-refractivity contribution in [3.05, 3.63) is 60.2 Å². The molecule has 10 heteroatoms. The van der Waals surface area contributed by atoms with Crippen molar-refractivity contribution in [3.63, 3.8) is 0 Å². The summed E-state index contributed by atoms with van der Waals surface area (Å²) >= 11 is 0. The van der Waals surface area contributed by atoms with E-state index in [0.29, 0.717) is 12.8 Å². The molecular weight excluding hydrogens is 387 g/mol. The van der Waals surface area contributed by atoms with Gasteiger partial charge in [-0.05, 0) is 31.7 Å². The number of hydrogen-bond donors (Lipinski definition) is 4. The summed E-state index contributed by atoms with van der Waals surface area (Å²) < 4.78 is 5.04. The molecule has 2 unspecified atom stereocenters. The number of nitrogens with one attached hydrogen (secondary N) is 2. The van der Waals surface area contributed by atoms with Crippen LogP contribution in [-0.4, -0.2) is 64.1 Å².